The van der Waals surface area contributed by atoms with E-state index in [9.17, 15) is 27.6 Å². The SMILES string of the molecule is CNC(=O)c1ccccc1C(=O)NCCCn1c(=O)c(C)cn([C@@H]2O[C@H](CO[Si](C)(C)C(C)(C)C)[C@@]3(OS(=O)(=O)C=C3N)[C@H]2O[Si](C)(C)C(C)(C)C)c1=O. The van der Waals surface area contributed by atoms with Crippen molar-refractivity contribution in [2.45, 2.75) is 122 Å². The molecule has 4 N–H and O–H groups in total. The normalized spacial score (nSPS) is 23.0. The maximum atomic E-state index is 14.3. The second-order valence-electron chi connectivity index (χ2n) is 17.0. The number of aromatic nitrogens is 2. The highest BCUT2D eigenvalue weighted by atomic mass is 32.2. The van der Waals surface area contributed by atoms with E-state index in [4.69, 9.17) is 23.5 Å². The Morgan fingerprint density at radius 1 is 0.981 bits per heavy atom. The number of ether oxygens (including phenoxy) is 1. The predicted octanol–water partition coefficient (Wildman–Crippen LogP) is 3.71. The van der Waals surface area contributed by atoms with Crippen molar-refractivity contribution in [1.29, 1.82) is 0 Å². The lowest BCUT2D eigenvalue weighted by molar-refractivity contribution is -0.0567. The Balaban J connectivity index is 1.75. The van der Waals surface area contributed by atoms with Crippen molar-refractivity contribution in [1.82, 2.24) is 19.8 Å². The minimum atomic E-state index is -4.29. The Labute approximate surface area is 320 Å². The Morgan fingerprint density at radius 2 is 1.56 bits per heavy atom. The summed E-state index contributed by atoms with van der Waals surface area (Å²) in [5.74, 6) is -0.896. The topological polar surface area (TPSA) is 199 Å². The molecular weight excluding hydrogens is 751 g/mol. The maximum absolute atomic E-state index is 14.3. The van der Waals surface area contributed by atoms with Gasteiger partial charge in [-0.05, 0) is 61.7 Å². The van der Waals surface area contributed by atoms with Crippen molar-refractivity contribution >= 4 is 38.6 Å². The van der Waals surface area contributed by atoms with E-state index in [1.54, 1.807) is 25.1 Å². The summed E-state index contributed by atoms with van der Waals surface area (Å²) >= 11 is 0. The molecule has 0 unspecified atom stereocenters. The van der Waals surface area contributed by atoms with Gasteiger partial charge in [0.1, 0.15) is 12.2 Å². The fourth-order valence-corrected chi connectivity index (χ4v) is 9.41. The van der Waals surface area contributed by atoms with Crippen LogP contribution in [0.25, 0.3) is 0 Å². The second kappa shape index (κ2) is 15.3. The van der Waals surface area contributed by atoms with Crippen molar-refractivity contribution < 1.29 is 35.8 Å². The maximum Gasteiger partial charge on any atom is 0.333 e. The lowest BCUT2D eigenvalue weighted by Crippen LogP contribution is -2.59. The molecule has 1 saturated heterocycles. The van der Waals surface area contributed by atoms with Crippen LogP contribution in [0.15, 0.2) is 51.2 Å². The molecule has 0 bridgehead atoms. The van der Waals surface area contributed by atoms with Gasteiger partial charge >= 0.3 is 5.69 Å². The average molecular weight is 808 g/mol. The van der Waals surface area contributed by atoms with Gasteiger partial charge in [0.2, 0.25) is 0 Å². The first-order valence-corrected chi connectivity index (χ1v) is 25.3. The summed E-state index contributed by atoms with van der Waals surface area (Å²) in [6.45, 7) is 21.8. The van der Waals surface area contributed by atoms with Gasteiger partial charge in [-0.2, -0.15) is 8.42 Å². The van der Waals surface area contributed by atoms with Crippen molar-refractivity contribution in [2.24, 2.45) is 5.73 Å². The monoisotopic (exact) mass is 807 g/mol. The van der Waals surface area contributed by atoms with Crippen LogP contribution in [-0.2, 0) is 34.4 Å². The van der Waals surface area contributed by atoms with Gasteiger partial charge in [-0.3, -0.25) is 23.5 Å². The largest absolute Gasteiger partial charge is 0.414 e. The first-order valence-electron chi connectivity index (χ1n) is 18.0. The lowest BCUT2D eigenvalue weighted by atomic mass is 9.89. The Kier molecular flexibility index (Phi) is 12.3. The highest BCUT2D eigenvalue weighted by Gasteiger charge is 2.67. The summed E-state index contributed by atoms with van der Waals surface area (Å²) < 4.78 is 54.7. The van der Waals surface area contributed by atoms with Gasteiger partial charge in [-0.15, -0.1) is 0 Å². The van der Waals surface area contributed by atoms with Gasteiger partial charge in [0, 0.05) is 31.9 Å². The zero-order chi connectivity index (χ0) is 40.8. The van der Waals surface area contributed by atoms with Crippen molar-refractivity contribution in [3.63, 3.8) is 0 Å². The van der Waals surface area contributed by atoms with Crippen molar-refractivity contribution in [3.05, 3.63) is 79.1 Å². The molecule has 3 heterocycles. The molecule has 1 aromatic carbocycles. The molecule has 4 atom stereocenters. The molecule has 300 valence electrons. The molecule has 2 aromatic rings. The number of nitrogens with zero attached hydrogens (tertiary/aromatic N) is 2. The molecule has 2 aliphatic heterocycles. The van der Waals surface area contributed by atoms with Crippen LogP contribution in [0.5, 0.6) is 0 Å². The minimum absolute atomic E-state index is 0.0762. The molecule has 54 heavy (non-hydrogen) atoms. The van der Waals surface area contributed by atoms with E-state index in [1.165, 1.54) is 23.9 Å². The van der Waals surface area contributed by atoms with E-state index < -0.39 is 73.9 Å². The Bertz CT molecular complexity index is 2030. The molecule has 4 rings (SSSR count). The van der Waals surface area contributed by atoms with Crippen LogP contribution in [0.4, 0.5) is 0 Å². The fraction of sp³-hybridized carbons (Fsp3) is 0.611. The van der Waals surface area contributed by atoms with Crippen molar-refractivity contribution in [3.8, 4) is 0 Å². The number of carbonyl (C=O) groups is 2. The summed E-state index contributed by atoms with van der Waals surface area (Å²) in [5, 5.41) is 5.57. The first-order chi connectivity index (χ1) is 24.7. The molecule has 1 aromatic heterocycles. The number of nitrogens with two attached hydrogens (primary N) is 1. The number of hydrogen-bond donors (Lipinski definition) is 3. The predicted molar refractivity (Wildman–Crippen MR) is 211 cm³/mol. The summed E-state index contributed by atoms with van der Waals surface area (Å²) in [7, 11) is -8.04. The Hall–Kier alpha value is -3.40. The molecule has 1 spiro atoms. The van der Waals surface area contributed by atoms with E-state index in [0.29, 0.717) is 0 Å². The standard InChI is InChI=1S/C36H57N5O10SSi2/c1-23-20-41(33(45)40(31(23)44)19-15-18-39-30(43)25-17-14-13-16-24(25)29(42)38-8)32-28(50-54(11,12)35(5,6)7)36(26(37)22-52(46,47)51-36)27(49-32)21-48-53(9,10)34(2,3)4/h13-14,16-17,20,22,27-28,32H,15,18-19,21,37H2,1-12H3,(H,38,42)(H,39,43)/t27-,28+,32-,36-/m1/s1. The minimum Gasteiger partial charge on any atom is -0.414 e. The number of aryl methyl sites for hydroxylation is 1. The molecule has 18 heteroatoms. The molecule has 2 aliphatic rings. The molecular formula is C36H57N5O10SSi2. The van der Waals surface area contributed by atoms with Gasteiger partial charge in [0.25, 0.3) is 27.5 Å². The molecule has 0 aliphatic carbocycles. The van der Waals surface area contributed by atoms with Crippen molar-refractivity contribution in [2.75, 3.05) is 20.2 Å². The van der Waals surface area contributed by atoms with Crippen LogP contribution < -0.4 is 27.6 Å². The zero-order valence-electron chi connectivity index (χ0n) is 33.5. The second-order valence-corrected chi connectivity index (χ2v) is 28.0. The van der Waals surface area contributed by atoms with E-state index in [-0.39, 0.29) is 58.6 Å². The van der Waals surface area contributed by atoms with E-state index >= 15 is 0 Å². The third kappa shape index (κ3) is 8.39. The van der Waals surface area contributed by atoms with Crippen LogP contribution in [0.1, 0.15) is 80.5 Å². The lowest BCUT2D eigenvalue weighted by Gasteiger charge is -2.43. The molecule has 1 fully saturated rings. The summed E-state index contributed by atoms with van der Waals surface area (Å²) in [4.78, 5) is 53.1. The number of rotatable bonds is 12. The third-order valence-electron chi connectivity index (χ3n) is 11.2. The van der Waals surface area contributed by atoms with Crippen LogP contribution >= 0.6 is 0 Å². The highest BCUT2D eigenvalue weighted by molar-refractivity contribution is 7.90. The summed E-state index contributed by atoms with van der Waals surface area (Å²) in [5.41, 5.74) is 3.91. The van der Waals surface area contributed by atoms with E-state index in [0.717, 1.165) is 9.98 Å². The van der Waals surface area contributed by atoms with E-state index in [1.807, 2.05) is 47.0 Å². The summed E-state index contributed by atoms with van der Waals surface area (Å²) in [6, 6.07) is 6.37. The number of benzene rings is 1. The van der Waals surface area contributed by atoms with Gasteiger partial charge in [0.15, 0.2) is 28.5 Å². The van der Waals surface area contributed by atoms with Gasteiger partial charge in [0.05, 0.1) is 28.8 Å². The first kappa shape index (κ1) is 43.3. The van der Waals surface area contributed by atoms with Crippen LogP contribution in [0.3, 0.4) is 0 Å². The zero-order valence-corrected chi connectivity index (χ0v) is 36.3. The smallest absolute Gasteiger partial charge is 0.333 e. The molecule has 0 radical (unpaired) electrons. The average Bonchev–Trinajstić information content (AvgIpc) is 3.49. The van der Waals surface area contributed by atoms with Gasteiger partial charge < -0.3 is 30.0 Å². The highest BCUT2D eigenvalue weighted by Crippen LogP contribution is 2.52. The van der Waals surface area contributed by atoms with E-state index in [2.05, 4.69) is 31.4 Å². The fourth-order valence-electron chi connectivity index (χ4n) is 5.90. The third-order valence-corrected chi connectivity index (χ3v) is 21.2. The van der Waals surface area contributed by atoms with Crippen LogP contribution in [-0.4, -0.2) is 84.0 Å². The Morgan fingerprint density at radius 3 is 2.07 bits per heavy atom. The molecule has 15 nitrogen and oxygen atoms in total. The number of hydrogen-bond acceptors (Lipinski definition) is 11. The van der Waals surface area contributed by atoms with Gasteiger partial charge in [-0.25, -0.2) is 8.98 Å². The molecule has 0 saturated carbocycles. The van der Waals surface area contributed by atoms with Gasteiger partial charge in [-0.1, -0.05) is 53.7 Å². The number of amides is 2. The summed E-state index contributed by atoms with van der Waals surface area (Å²) in [6.07, 6.45) is -2.10. The number of carbonyl (C=O) groups excluding carboxylic acids is 2. The molecule has 2 amide bonds. The quantitative estimate of drug-likeness (QED) is 0.161. The van der Waals surface area contributed by atoms with Crippen LogP contribution in [0.2, 0.25) is 36.3 Å². The van der Waals surface area contributed by atoms with Crippen LogP contribution in [0, 0.1) is 6.92 Å². The number of nitrogens with one attached hydrogen (secondary N) is 2.